The molecule has 0 amide bonds. The van der Waals surface area contributed by atoms with Crippen molar-refractivity contribution in [2.75, 3.05) is 19.8 Å². The van der Waals surface area contributed by atoms with Gasteiger partial charge < -0.3 is 10.5 Å². The summed E-state index contributed by atoms with van der Waals surface area (Å²) in [5, 5.41) is 0.929. The first-order valence-electron chi connectivity index (χ1n) is 8.33. The number of rotatable bonds is 3. The van der Waals surface area contributed by atoms with Crippen molar-refractivity contribution < 1.29 is 4.74 Å². The molecule has 0 spiro atoms. The Hall–Kier alpha value is -0.570. The van der Waals surface area contributed by atoms with Crippen LogP contribution in [-0.2, 0) is 10.2 Å². The third-order valence-corrected chi connectivity index (χ3v) is 5.80. The van der Waals surface area contributed by atoms with Crippen LogP contribution in [-0.4, -0.2) is 19.8 Å². The third kappa shape index (κ3) is 3.13. The maximum Gasteiger partial charge on any atom is 0.0471 e. The van der Waals surface area contributed by atoms with Gasteiger partial charge in [-0.1, -0.05) is 43.0 Å². The van der Waals surface area contributed by atoms with E-state index >= 15 is 0 Å². The Labute approximate surface area is 133 Å². The number of ether oxygens (including phenoxy) is 1. The second kappa shape index (κ2) is 6.68. The minimum Gasteiger partial charge on any atom is -0.381 e. The van der Waals surface area contributed by atoms with Gasteiger partial charge in [0, 0.05) is 30.2 Å². The molecule has 1 aliphatic heterocycles. The highest BCUT2D eigenvalue weighted by Crippen LogP contribution is 2.41. The molecule has 1 heterocycles. The van der Waals surface area contributed by atoms with Crippen molar-refractivity contribution in [1.29, 1.82) is 0 Å². The molecular formula is C18H26ClNO. The van der Waals surface area contributed by atoms with Gasteiger partial charge in [0.1, 0.15) is 0 Å². The molecule has 1 aromatic carbocycles. The first-order chi connectivity index (χ1) is 10.2. The molecule has 0 aromatic heterocycles. The smallest absolute Gasteiger partial charge is 0.0471 e. The molecule has 3 rings (SSSR count). The molecule has 2 nitrogen and oxygen atoms in total. The van der Waals surface area contributed by atoms with Gasteiger partial charge in [-0.05, 0) is 48.8 Å². The number of benzene rings is 1. The average Bonchev–Trinajstić information content (AvgIpc) is 2.56. The fourth-order valence-corrected chi connectivity index (χ4v) is 4.37. The normalized spacial score (nSPS) is 23.1. The number of halogens is 1. The van der Waals surface area contributed by atoms with Crippen molar-refractivity contribution >= 4 is 11.6 Å². The van der Waals surface area contributed by atoms with Gasteiger partial charge in [0.2, 0.25) is 0 Å². The summed E-state index contributed by atoms with van der Waals surface area (Å²) in [6, 6.07) is 6.74. The summed E-state index contributed by atoms with van der Waals surface area (Å²) in [5.74, 6) is 0.556. The minimum absolute atomic E-state index is 0.163. The second-order valence-corrected chi connectivity index (χ2v) is 7.08. The van der Waals surface area contributed by atoms with Crippen molar-refractivity contribution in [3.05, 3.63) is 34.3 Å². The molecule has 1 aliphatic carbocycles. The van der Waals surface area contributed by atoms with Crippen LogP contribution < -0.4 is 5.73 Å². The fourth-order valence-electron chi connectivity index (χ4n) is 4.04. The lowest BCUT2D eigenvalue weighted by molar-refractivity contribution is 0.0853. The third-order valence-electron chi connectivity index (χ3n) is 5.48. The first-order valence-corrected chi connectivity index (χ1v) is 8.71. The number of hydrogen-bond acceptors (Lipinski definition) is 2. The van der Waals surface area contributed by atoms with Crippen LogP contribution in [0.4, 0.5) is 0 Å². The number of hydrogen-bond donors (Lipinski definition) is 1. The summed E-state index contributed by atoms with van der Waals surface area (Å²) in [6.45, 7) is 2.45. The predicted molar refractivity (Wildman–Crippen MR) is 88.1 cm³/mol. The predicted octanol–water partition coefficient (Wildman–Crippen LogP) is 4.39. The molecule has 0 radical (unpaired) electrons. The standard InChI is InChI=1S/C18H26ClNO/c19-17-12-15(18(13-20)8-2-1-3-9-18)4-5-16(17)14-6-10-21-11-7-14/h4-5,12,14H,1-3,6-11,13,20H2. The van der Waals surface area contributed by atoms with E-state index in [-0.39, 0.29) is 5.41 Å². The average molecular weight is 308 g/mol. The first kappa shape index (κ1) is 15.3. The fraction of sp³-hybridized carbons (Fsp3) is 0.667. The van der Waals surface area contributed by atoms with Crippen molar-refractivity contribution in [3.63, 3.8) is 0 Å². The van der Waals surface area contributed by atoms with E-state index in [2.05, 4.69) is 18.2 Å². The minimum atomic E-state index is 0.163. The molecule has 2 aliphatic rings. The van der Waals surface area contributed by atoms with E-state index < -0.39 is 0 Å². The van der Waals surface area contributed by atoms with Crippen LogP contribution >= 0.6 is 11.6 Å². The van der Waals surface area contributed by atoms with Crippen LogP contribution in [0.15, 0.2) is 18.2 Å². The SMILES string of the molecule is NCC1(c2ccc(C3CCOCC3)c(Cl)c2)CCCCC1. The van der Waals surface area contributed by atoms with Crippen LogP contribution in [0.5, 0.6) is 0 Å². The largest absolute Gasteiger partial charge is 0.381 e. The Morgan fingerprint density at radius 3 is 2.48 bits per heavy atom. The van der Waals surface area contributed by atoms with Gasteiger partial charge in [-0.15, -0.1) is 0 Å². The Morgan fingerprint density at radius 2 is 1.86 bits per heavy atom. The molecular weight excluding hydrogens is 282 g/mol. The Morgan fingerprint density at radius 1 is 1.14 bits per heavy atom. The zero-order valence-corrected chi connectivity index (χ0v) is 13.5. The van der Waals surface area contributed by atoms with Crippen LogP contribution in [0, 0.1) is 0 Å². The van der Waals surface area contributed by atoms with Gasteiger partial charge in [-0.3, -0.25) is 0 Å². The van der Waals surface area contributed by atoms with Gasteiger partial charge in [0.15, 0.2) is 0 Å². The van der Waals surface area contributed by atoms with E-state index in [9.17, 15) is 0 Å². The zero-order valence-electron chi connectivity index (χ0n) is 12.7. The van der Waals surface area contributed by atoms with Gasteiger partial charge in [0.05, 0.1) is 0 Å². The molecule has 21 heavy (non-hydrogen) atoms. The lowest BCUT2D eigenvalue weighted by Gasteiger charge is -2.37. The zero-order chi connectivity index (χ0) is 14.7. The van der Waals surface area contributed by atoms with Gasteiger partial charge in [0.25, 0.3) is 0 Å². The highest BCUT2D eigenvalue weighted by Gasteiger charge is 2.33. The molecule has 0 bridgehead atoms. The Bertz CT molecular complexity index is 476. The Balaban J connectivity index is 1.85. The van der Waals surface area contributed by atoms with E-state index in [1.807, 2.05) is 0 Å². The summed E-state index contributed by atoms with van der Waals surface area (Å²) >= 11 is 6.62. The van der Waals surface area contributed by atoms with E-state index in [1.165, 1.54) is 43.2 Å². The summed E-state index contributed by atoms with van der Waals surface area (Å²) in [6.07, 6.45) is 8.50. The van der Waals surface area contributed by atoms with E-state index in [4.69, 9.17) is 22.1 Å². The Kier molecular flexibility index (Phi) is 4.88. The summed E-state index contributed by atoms with van der Waals surface area (Å²) in [4.78, 5) is 0. The van der Waals surface area contributed by atoms with Crippen LogP contribution in [0.2, 0.25) is 5.02 Å². The molecule has 0 atom stereocenters. The van der Waals surface area contributed by atoms with Crippen molar-refractivity contribution in [2.45, 2.75) is 56.3 Å². The molecule has 2 N–H and O–H groups in total. The van der Waals surface area contributed by atoms with Gasteiger partial charge >= 0.3 is 0 Å². The maximum absolute atomic E-state index is 6.62. The van der Waals surface area contributed by atoms with Crippen LogP contribution in [0.25, 0.3) is 0 Å². The monoisotopic (exact) mass is 307 g/mol. The highest BCUT2D eigenvalue weighted by molar-refractivity contribution is 6.31. The van der Waals surface area contributed by atoms with Crippen molar-refractivity contribution in [2.24, 2.45) is 5.73 Å². The van der Waals surface area contributed by atoms with E-state index in [1.54, 1.807) is 0 Å². The second-order valence-electron chi connectivity index (χ2n) is 6.67. The topological polar surface area (TPSA) is 35.2 Å². The van der Waals surface area contributed by atoms with Crippen LogP contribution in [0.1, 0.15) is 62.0 Å². The molecule has 1 saturated heterocycles. The summed E-state index contributed by atoms with van der Waals surface area (Å²) < 4.78 is 5.45. The molecule has 0 unspecified atom stereocenters. The molecule has 3 heteroatoms. The van der Waals surface area contributed by atoms with Crippen molar-refractivity contribution in [3.8, 4) is 0 Å². The van der Waals surface area contributed by atoms with E-state index in [0.717, 1.165) is 37.6 Å². The maximum atomic E-state index is 6.62. The van der Waals surface area contributed by atoms with E-state index in [0.29, 0.717) is 5.92 Å². The summed E-state index contributed by atoms with van der Waals surface area (Å²) in [7, 11) is 0. The molecule has 2 fully saturated rings. The van der Waals surface area contributed by atoms with Gasteiger partial charge in [-0.25, -0.2) is 0 Å². The number of nitrogens with two attached hydrogens (primary N) is 1. The summed E-state index contributed by atoms with van der Waals surface area (Å²) in [5.41, 5.74) is 8.95. The van der Waals surface area contributed by atoms with Crippen molar-refractivity contribution in [1.82, 2.24) is 0 Å². The van der Waals surface area contributed by atoms with Gasteiger partial charge in [-0.2, -0.15) is 0 Å². The highest BCUT2D eigenvalue weighted by atomic mass is 35.5. The molecule has 1 aromatic rings. The quantitative estimate of drug-likeness (QED) is 0.898. The van der Waals surface area contributed by atoms with Crippen LogP contribution in [0.3, 0.4) is 0 Å². The molecule has 1 saturated carbocycles. The lowest BCUT2D eigenvalue weighted by atomic mass is 9.69. The molecule has 116 valence electrons. The lowest BCUT2D eigenvalue weighted by Crippen LogP contribution is -2.37.